The van der Waals surface area contributed by atoms with Gasteiger partial charge in [0.2, 0.25) is 0 Å². The standard InChI is InChI=1S/C9H19N3O2S/c10-15(13,14)12-7-9(3-4-9)8-1-5-11-6-2-8/h8,11-12H,1-7H2,(H2,10,13,14). The summed E-state index contributed by atoms with van der Waals surface area (Å²) in [4.78, 5) is 0. The minimum Gasteiger partial charge on any atom is -0.317 e. The Labute approximate surface area is 91.0 Å². The largest absolute Gasteiger partial charge is 0.317 e. The molecule has 0 spiro atoms. The Morgan fingerprint density at radius 1 is 1.33 bits per heavy atom. The van der Waals surface area contributed by atoms with E-state index in [9.17, 15) is 8.42 Å². The van der Waals surface area contributed by atoms with Crippen molar-refractivity contribution in [2.75, 3.05) is 19.6 Å². The predicted molar refractivity (Wildman–Crippen MR) is 58.4 cm³/mol. The Morgan fingerprint density at radius 2 is 1.93 bits per heavy atom. The third kappa shape index (κ3) is 2.90. The fourth-order valence-corrected chi connectivity index (χ4v) is 3.06. The number of hydrogen-bond donors (Lipinski definition) is 3. The van der Waals surface area contributed by atoms with Gasteiger partial charge in [-0.2, -0.15) is 8.42 Å². The molecule has 0 aromatic rings. The molecule has 2 aliphatic rings. The van der Waals surface area contributed by atoms with E-state index in [1.807, 2.05) is 0 Å². The van der Waals surface area contributed by atoms with Crippen LogP contribution in [-0.4, -0.2) is 28.1 Å². The van der Waals surface area contributed by atoms with E-state index in [1.54, 1.807) is 0 Å². The molecule has 0 amide bonds. The Balaban J connectivity index is 1.89. The molecule has 0 aromatic heterocycles. The highest BCUT2D eigenvalue weighted by atomic mass is 32.2. The van der Waals surface area contributed by atoms with Crippen LogP contribution in [0.1, 0.15) is 25.7 Å². The van der Waals surface area contributed by atoms with Crippen molar-refractivity contribution in [1.82, 2.24) is 10.0 Å². The quantitative estimate of drug-likeness (QED) is 0.615. The maximum Gasteiger partial charge on any atom is 0.274 e. The average molecular weight is 233 g/mol. The first-order chi connectivity index (χ1) is 7.02. The summed E-state index contributed by atoms with van der Waals surface area (Å²) >= 11 is 0. The number of hydrogen-bond acceptors (Lipinski definition) is 3. The molecule has 0 radical (unpaired) electrons. The van der Waals surface area contributed by atoms with Crippen LogP contribution in [0.5, 0.6) is 0 Å². The zero-order valence-electron chi connectivity index (χ0n) is 8.83. The van der Waals surface area contributed by atoms with Crippen LogP contribution in [0, 0.1) is 11.3 Å². The number of piperidine rings is 1. The molecule has 2 rings (SSSR count). The lowest BCUT2D eigenvalue weighted by molar-refractivity contribution is 0.239. The first-order valence-electron chi connectivity index (χ1n) is 5.50. The number of nitrogens with two attached hydrogens (primary N) is 1. The molecule has 0 atom stereocenters. The molecule has 88 valence electrons. The second-order valence-electron chi connectivity index (χ2n) is 4.75. The van der Waals surface area contributed by atoms with Gasteiger partial charge in [0.15, 0.2) is 0 Å². The van der Waals surface area contributed by atoms with Crippen molar-refractivity contribution in [3.8, 4) is 0 Å². The van der Waals surface area contributed by atoms with E-state index in [4.69, 9.17) is 5.14 Å². The van der Waals surface area contributed by atoms with Gasteiger partial charge in [-0.1, -0.05) is 0 Å². The molecular formula is C9H19N3O2S. The van der Waals surface area contributed by atoms with Crippen molar-refractivity contribution < 1.29 is 8.42 Å². The van der Waals surface area contributed by atoms with Crippen molar-refractivity contribution >= 4 is 10.2 Å². The molecule has 5 nitrogen and oxygen atoms in total. The molecular weight excluding hydrogens is 214 g/mol. The molecule has 1 saturated carbocycles. The maximum absolute atomic E-state index is 10.8. The van der Waals surface area contributed by atoms with Gasteiger partial charge in [-0.3, -0.25) is 0 Å². The maximum atomic E-state index is 10.8. The van der Waals surface area contributed by atoms with Crippen LogP contribution in [0.4, 0.5) is 0 Å². The van der Waals surface area contributed by atoms with Gasteiger partial charge in [0, 0.05) is 6.54 Å². The topological polar surface area (TPSA) is 84.2 Å². The fourth-order valence-electron chi connectivity index (χ4n) is 2.57. The Morgan fingerprint density at radius 3 is 2.40 bits per heavy atom. The van der Waals surface area contributed by atoms with E-state index >= 15 is 0 Å². The lowest BCUT2D eigenvalue weighted by Crippen LogP contribution is -2.40. The highest BCUT2D eigenvalue weighted by Gasteiger charge is 2.49. The Kier molecular flexibility index (Phi) is 3.03. The summed E-state index contributed by atoms with van der Waals surface area (Å²) in [6, 6.07) is 0. The second kappa shape index (κ2) is 4.01. The SMILES string of the molecule is NS(=O)(=O)NCC1(C2CCNCC2)CC1. The minimum atomic E-state index is -3.52. The van der Waals surface area contributed by atoms with E-state index in [-0.39, 0.29) is 5.41 Å². The van der Waals surface area contributed by atoms with Crippen LogP contribution in [0.3, 0.4) is 0 Å². The smallest absolute Gasteiger partial charge is 0.274 e. The van der Waals surface area contributed by atoms with Crippen molar-refractivity contribution in [3.05, 3.63) is 0 Å². The number of rotatable bonds is 4. The van der Waals surface area contributed by atoms with Crippen LogP contribution in [0.2, 0.25) is 0 Å². The molecule has 1 heterocycles. The van der Waals surface area contributed by atoms with Gasteiger partial charge in [-0.25, -0.2) is 9.86 Å². The Hall–Kier alpha value is -0.170. The van der Waals surface area contributed by atoms with Gasteiger partial charge in [0.05, 0.1) is 0 Å². The first-order valence-corrected chi connectivity index (χ1v) is 7.05. The molecule has 0 aromatic carbocycles. The zero-order valence-corrected chi connectivity index (χ0v) is 9.65. The van der Waals surface area contributed by atoms with E-state index in [2.05, 4.69) is 10.0 Å². The van der Waals surface area contributed by atoms with Crippen molar-refractivity contribution in [2.24, 2.45) is 16.5 Å². The monoisotopic (exact) mass is 233 g/mol. The van der Waals surface area contributed by atoms with E-state index in [0.717, 1.165) is 38.8 Å². The van der Waals surface area contributed by atoms with Crippen LogP contribution in [-0.2, 0) is 10.2 Å². The predicted octanol–water partition coefficient (Wildman–Crippen LogP) is -0.441. The summed E-state index contributed by atoms with van der Waals surface area (Å²) in [5.74, 6) is 0.660. The van der Waals surface area contributed by atoms with Gasteiger partial charge < -0.3 is 5.32 Å². The van der Waals surface area contributed by atoms with Gasteiger partial charge in [0.25, 0.3) is 10.2 Å². The molecule has 1 saturated heterocycles. The second-order valence-corrected chi connectivity index (χ2v) is 6.13. The molecule has 0 unspecified atom stereocenters. The van der Waals surface area contributed by atoms with Crippen LogP contribution < -0.4 is 15.2 Å². The van der Waals surface area contributed by atoms with E-state index in [0.29, 0.717) is 12.5 Å². The van der Waals surface area contributed by atoms with Crippen LogP contribution >= 0.6 is 0 Å². The minimum absolute atomic E-state index is 0.217. The third-order valence-electron chi connectivity index (χ3n) is 3.72. The third-order valence-corrected chi connectivity index (χ3v) is 4.27. The molecule has 4 N–H and O–H groups in total. The van der Waals surface area contributed by atoms with Crippen molar-refractivity contribution in [2.45, 2.75) is 25.7 Å². The summed E-state index contributed by atoms with van der Waals surface area (Å²) < 4.78 is 24.1. The number of nitrogens with one attached hydrogen (secondary N) is 2. The molecule has 1 aliphatic carbocycles. The lowest BCUT2D eigenvalue weighted by Gasteiger charge is -2.30. The highest BCUT2D eigenvalue weighted by Crippen LogP contribution is 2.54. The fraction of sp³-hybridized carbons (Fsp3) is 1.00. The van der Waals surface area contributed by atoms with Crippen LogP contribution in [0.25, 0.3) is 0 Å². The van der Waals surface area contributed by atoms with E-state index in [1.165, 1.54) is 0 Å². The van der Waals surface area contributed by atoms with Crippen LogP contribution in [0.15, 0.2) is 0 Å². The Bertz CT molecular complexity index is 318. The summed E-state index contributed by atoms with van der Waals surface area (Å²) in [5, 5.41) is 8.27. The molecule has 1 aliphatic heterocycles. The summed E-state index contributed by atoms with van der Waals surface area (Å²) in [5.41, 5.74) is 0.217. The molecule has 15 heavy (non-hydrogen) atoms. The summed E-state index contributed by atoms with van der Waals surface area (Å²) in [7, 11) is -3.52. The lowest BCUT2D eigenvalue weighted by atomic mass is 9.82. The molecule has 6 heteroatoms. The van der Waals surface area contributed by atoms with Gasteiger partial charge >= 0.3 is 0 Å². The van der Waals surface area contributed by atoms with Gasteiger partial charge in [-0.15, -0.1) is 0 Å². The van der Waals surface area contributed by atoms with Crippen molar-refractivity contribution in [1.29, 1.82) is 0 Å². The van der Waals surface area contributed by atoms with Crippen molar-refractivity contribution in [3.63, 3.8) is 0 Å². The van der Waals surface area contributed by atoms with E-state index < -0.39 is 10.2 Å². The summed E-state index contributed by atoms with van der Waals surface area (Å²) in [6.45, 7) is 2.64. The summed E-state index contributed by atoms with van der Waals surface area (Å²) in [6.07, 6.45) is 4.60. The van der Waals surface area contributed by atoms with Gasteiger partial charge in [-0.05, 0) is 50.1 Å². The van der Waals surface area contributed by atoms with Gasteiger partial charge in [0.1, 0.15) is 0 Å². The molecule has 2 fully saturated rings. The average Bonchev–Trinajstić information content (AvgIpc) is 2.96. The normalized spacial score (nSPS) is 26.5. The highest BCUT2D eigenvalue weighted by molar-refractivity contribution is 7.87. The zero-order chi connectivity index (χ0) is 10.9. The first kappa shape index (κ1) is 11.3. The molecule has 0 bridgehead atoms.